The van der Waals surface area contributed by atoms with Crippen molar-refractivity contribution in [2.24, 2.45) is 0 Å². The Kier molecular flexibility index (Phi) is 6.65. The van der Waals surface area contributed by atoms with Crippen molar-refractivity contribution in [1.82, 2.24) is 14.7 Å². The standard InChI is InChI=1S/C25H24ClF4N5O2/c1-37-18-8-2-15(3-9-18)19-14-20(25(28,29)30)35-23(31-19)21(26)22(32-35)24(36)34-12-10-33(11-13-34)17-6-4-16(27)5-7-17/h2-9,19-20,31H,10-14H2,1H3. The van der Waals surface area contributed by atoms with Gasteiger partial charge in [0, 0.05) is 38.3 Å². The second kappa shape index (κ2) is 9.77. The predicted octanol–water partition coefficient (Wildman–Crippen LogP) is 5.31. The zero-order valence-corrected chi connectivity index (χ0v) is 20.6. The van der Waals surface area contributed by atoms with Crippen LogP contribution in [0, 0.1) is 5.82 Å². The number of hydrogen-bond donors (Lipinski definition) is 1. The van der Waals surface area contributed by atoms with Crippen molar-refractivity contribution >= 4 is 29.0 Å². The van der Waals surface area contributed by atoms with E-state index in [2.05, 4.69) is 10.4 Å². The van der Waals surface area contributed by atoms with Crippen molar-refractivity contribution in [3.05, 3.63) is 70.6 Å². The highest BCUT2D eigenvalue weighted by Gasteiger charge is 2.48. The molecule has 1 N–H and O–H groups in total. The van der Waals surface area contributed by atoms with E-state index in [9.17, 15) is 22.4 Å². The summed E-state index contributed by atoms with van der Waals surface area (Å²) in [6, 6.07) is 10.1. The number of methoxy groups -OCH3 is 1. The molecule has 1 fully saturated rings. The molecule has 3 heterocycles. The number of alkyl halides is 3. The van der Waals surface area contributed by atoms with Gasteiger partial charge in [0.15, 0.2) is 11.7 Å². The lowest BCUT2D eigenvalue weighted by molar-refractivity contribution is -0.173. The molecule has 1 amide bonds. The Balaban J connectivity index is 1.37. The van der Waals surface area contributed by atoms with Crippen molar-refractivity contribution in [2.45, 2.75) is 24.7 Å². The number of nitrogens with one attached hydrogen (secondary N) is 1. The summed E-state index contributed by atoms with van der Waals surface area (Å²) in [5, 5.41) is 6.96. The van der Waals surface area contributed by atoms with Gasteiger partial charge in [-0.1, -0.05) is 23.7 Å². The van der Waals surface area contributed by atoms with E-state index in [1.165, 1.54) is 24.1 Å². The highest BCUT2D eigenvalue weighted by molar-refractivity contribution is 6.36. The number of aromatic nitrogens is 2. The molecule has 7 nitrogen and oxygen atoms in total. The topological polar surface area (TPSA) is 62.6 Å². The van der Waals surface area contributed by atoms with Crippen molar-refractivity contribution in [3.8, 4) is 5.75 Å². The van der Waals surface area contributed by atoms with Crippen LogP contribution >= 0.6 is 11.6 Å². The smallest absolute Gasteiger partial charge is 0.410 e. The molecule has 5 rings (SSSR count). The van der Waals surface area contributed by atoms with Crippen molar-refractivity contribution in [3.63, 3.8) is 0 Å². The van der Waals surface area contributed by atoms with E-state index in [4.69, 9.17) is 16.3 Å². The molecular weight excluding hydrogens is 514 g/mol. The molecule has 1 aromatic heterocycles. The summed E-state index contributed by atoms with van der Waals surface area (Å²) in [5.74, 6) is -0.322. The van der Waals surface area contributed by atoms with Crippen LogP contribution in [-0.4, -0.2) is 60.1 Å². The maximum Gasteiger partial charge on any atom is 0.410 e. The molecule has 2 unspecified atom stereocenters. The minimum atomic E-state index is -4.60. The van der Waals surface area contributed by atoms with E-state index in [0.29, 0.717) is 37.5 Å². The van der Waals surface area contributed by atoms with Gasteiger partial charge in [-0.25, -0.2) is 9.07 Å². The summed E-state index contributed by atoms with van der Waals surface area (Å²) in [6.45, 7) is 1.59. The van der Waals surface area contributed by atoms with E-state index in [-0.39, 0.29) is 28.8 Å². The minimum absolute atomic E-state index is 0.0376. The first kappa shape index (κ1) is 25.2. The van der Waals surface area contributed by atoms with Crippen LogP contribution in [0.1, 0.15) is 34.6 Å². The number of carbonyl (C=O) groups excluding carboxylic acids is 1. The Morgan fingerprint density at radius 1 is 1.05 bits per heavy atom. The average Bonchev–Trinajstić information content (AvgIpc) is 3.24. The molecule has 2 aliphatic rings. The number of piperazine rings is 1. The van der Waals surface area contributed by atoms with E-state index in [0.717, 1.165) is 10.4 Å². The molecule has 37 heavy (non-hydrogen) atoms. The lowest BCUT2D eigenvalue weighted by atomic mass is 9.97. The van der Waals surface area contributed by atoms with Crippen LogP contribution in [0.5, 0.6) is 5.75 Å². The number of nitrogens with zero attached hydrogens (tertiary/aromatic N) is 4. The van der Waals surface area contributed by atoms with E-state index < -0.39 is 24.2 Å². The second-order valence-electron chi connectivity index (χ2n) is 8.97. The largest absolute Gasteiger partial charge is 0.497 e. The Morgan fingerprint density at radius 2 is 1.70 bits per heavy atom. The molecule has 1 saturated heterocycles. The maximum absolute atomic E-state index is 14.1. The Labute approximate surface area is 215 Å². The second-order valence-corrected chi connectivity index (χ2v) is 9.35. The summed E-state index contributed by atoms with van der Waals surface area (Å²) in [7, 11) is 1.51. The molecule has 196 valence electrons. The maximum atomic E-state index is 14.1. The fourth-order valence-corrected chi connectivity index (χ4v) is 5.01. The summed E-state index contributed by atoms with van der Waals surface area (Å²) in [4.78, 5) is 16.8. The van der Waals surface area contributed by atoms with Gasteiger partial charge >= 0.3 is 6.18 Å². The molecule has 3 aromatic rings. The Morgan fingerprint density at radius 3 is 2.30 bits per heavy atom. The number of rotatable bonds is 4. The fourth-order valence-electron chi connectivity index (χ4n) is 4.75. The lowest BCUT2D eigenvalue weighted by Gasteiger charge is -2.35. The van der Waals surface area contributed by atoms with Gasteiger partial charge in [-0.15, -0.1) is 0 Å². The average molecular weight is 538 g/mol. The van der Waals surface area contributed by atoms with Crippen molar-refractivity contribution in [1.29, 1.82) is 0 Å². The van der Waals surface area contributed by atoms with Crippen molar-refractivity contribution in [2.75, 3.05) is 43.5 Å². The molecule has 2 aliphatic heterocycles. The number of benzene rings is 2. The van der Waals surface area contributed by atoms with Crippen LogP contribution in [0.3, 0.4) is 0 Å². The summed E-state index contributed by atoms with van der Waals surface area (Å²) >= 11 is 6.48. The number of halogens is 5. The van der Waals surface area contributed by atoms with Crippen molar-refractivity contribution < 1.29 is 27.1 Å². The lowest BCUT2D eigenvalue weighted by Crippen LogP contribution is -2.49. The predicted molar refractivity (Wildman–Crippen MR) is 131 cm³/mol. The molecule has 2 aromatic carbocycles. The molecular formula is C25H24ClF4N5O2. The number of carbonyl (C=O) groups is 1. The number of amides is 1. The number of anilines is 2. The summed E-state index contributed by atoms with van der Waals surface area (Å²) in [5.41, 5.74) is 1.23. The third-order valence-corrected chi connectivity index (χ3v) is 7.13. The fraction of sp³-hybridized carbons (Fsp3) is 0.360. The van der Waals surface area contributed by atoms with Crippen LogP contribution in [0.4, 0.5) is 29.1 Å². The monoisotopic (exact) mass is 537 g/mol. The molecule has 0 radical (unpaired) electrons. The third kappa shape index (κ3) is 4.92. The van der Waals surface area contributed by atoms with Crippen LogP contribution < -0.4 is 15.0 Å². The van der Waals surface area contributed by atoms with Crippen LogP contribution in [0.2, 0.25) is 5.02 Å². The molecule has 12 heteroatoms. The van der Waals surface area contributed by atoms with Gasteiger partial charge in [0.1, 0.15) is 22.4 Å². The van der Waals surface area contributed by atoms with Gasteiger partial charge in [0.05, 0.1) is 13.2 Å². The van der Waals surface area contributed by atoms with Gasteiger partial charge < -0.3 is 19.9 Å². The normalized spacial score (nSPS) is 19.8. The van der Waals surface area contributed by atoms with Crippen LogP contribution in [0.25, 0.3) is 0 Å². The highest BCUT2D eigenvalue weighted by atomic mass is 35.5. The van der Waals surface area contributed by atoms with Gasteiger partial charge in [0.2, 0.25) is 0 Å². The minimum Gasteiger partial charge on any atom is -0.497 e. The number of ether oxygens (including phenoxy) is 1. The zero-order chi connectivity index (χ0) is 26.3. The van der Waals surface area contributed by atoms with E-state index in [1.807, 2.05) is 4.90 Å². The first-order chi connectivity index (χ1) is 17.7. The molecule has 0 spiro atoms. The molecule has 0 saturated carbocycles. The van der Waals surface area contributed by atoms with E-state index >= 15 is 0 Å². The number of fused-ring (bicyclic) bond motifs is 1. The first-order valence-corrected chi connectivity index (χ1v) is 12.1. The zero-order valence-electron chi connectivity index (χ0n) is 19.8. The molecule has 0 bridgehead atoms. The first-order valence-electron chi connectivity index (χ1n) is 11.7. The third-order valence-electron chi connectivity index (χ3n) is 6.78. The van der Waals surface area contributed by atoms with Crippen LogP contribution in [0.15, 0.2) is 48.5 Å². The highest BCUT2D eigenvalue weighted by Crippen LogP contribution is 2.46. The van der Waals surface area contributed by atoms with Gasteiger partial charge in [0.25, 0.3) is 5.91 Å². The quantitative estimate of drug-likeness (QED) is 0.457. The Bertz CT molecular complexity index is 1270. The van der Waals surface area contributed by atoms with Crippen LogP contribution in [-0.2, 0) is 0 Å². The van der Waals surface area contributed by atoms with E-state index in [1.54, 1.807) is 36.4 Å². The summed E-state index contributed by atoms with van der Waals surface area (Å²) in [6.07, 6.45) is -4.91. The molecule has 2 atom stereocenters. The Hall–Kier alpha value is -3.47. The van der Waals surface area contributed by atoms with Gasteiger partial charge in [-0.05, 0) is 42.0 Å². The van der Waals surface area contributed by atoms with Gasteiger partial charge in [-0.3, -0.25) is 4.79 Å². The summed E-state index contributed by atoms with van der Waals surface area (Å²) < 4.78 is 61.4. The number of hydrogen-bond acceptors (Lipinski definition) is 5. The SMILES string of the molecule is COc1ccc(C2CC(C(F)(F)F)n3nc(C(=O)N4CCN(c5ccc(F)cc5)CC4)c(Cl)c3N2)cc1. The van der Waals surface area contributed by atoms with Gasteiger partial charge in [-0.2, -0.15) is 18.3 Å². The molecule has 0 aliphatic carbocycles.